The maximum Gasteiger partial charge on any atom is 0.410 e. The van der Waals surface area contributed by atoms with Crippen LogP contribution in [0.3, 0.4) is 0 Å². The number of allylic oxidation sites excluding steroid dienone is 1. The second kappa shape index (κ2) is 13.9. The van der Waals surface area contributed by atoms with Gasteiger partial charge < -0.3 is 19.7 Å². The van der Waals surface area contributed by atoms with E-state index in [0.29, 0.717) is 45.2 Å². The van der Waals surface area contributed by atoms with Gasteiger partial charge in [-0.1, -0.05) is 49.3 Å². The second-order valence-corrected chi connectivity index (χ2v) is 18.3. The Morgan fingerprint density at radius 3 is 2.37 bits per heavy atom. The molecule has 0 bridgehead atoms. The van der Waals surface area contributed by atoms with Crippen molar-refractivity contribution >= 4 is 39.8 Å². The molecule has 0 unspecified atom stereocenters. The molecule has 2 N–H and O–H groups in total. The zero-order valence-corrected chi connectivity index (χ0v) is 30.8. The van der Waals surface area contributed by atoms with Gasteiger partial charge in [0.25, 0.3) is 5.91 Å². The molecule has 2 aliphatic carbocycles. The lowest BCUT2D eigenvalue weighted by molar-refractivity contribution is -0.159. The van der Waals surface area contributed by atoms with E-state index in [1.54, 1.807) is 32.6 Å². The average molecular weight is 727 g/mol. The molecular formula is C37H50N4O9S. The Balaban J connectivity index is 1.25. The molecule has 278 valence electrons. The Morgan fingerprint density at radius 2 is 1.73 bits per heavy atom. The molecule has 3 fully saturated rings. The van der Waals surface area contributed by atoms with Crippen molar-refractivity contribution in [2.45, 2.75) is 133 Å². The molecule has 51 heavy (non-hydrogen) atoms. The quantitative estimate of drug-likeness (QED) is 0.327. The van der Waals surface area contributed by atoms with Crippen LogP contribution in [0.2, 0.25) is 0 Å². The van der Waals surface area contributed by atoms with Crippen LogP contribution in [-0.2, 0) is 51.8 Å². The number of nitrogens with zero attached hydrogens (tertiary/aromatic N) is 2. The van der Waals surface area contributed by atoms with E-state index in [9.17, 15) is 32.4 Å². The summed E-state index contributed by atoms with van der Waals surface area (Å²) in [5.41, 5.74) is -0.242. The number of hydrogen-bond acceptors (Lipinski definition) is 9. The molecule has 14 heteroatoms. The fraction of sp³-hybridized carbons (Fsp3) is 0.649. The number of carbonyl (C=O) groups is 5. The highest BCUT2D eigenvalue weighted by atomic mass is 32.2. The summed E-state index contributed by atoms with van der Waals surface area (Å²) in [7, 11) is -3.98. The lowest BCUT2D eigenvalue weighted by atomic mass is 9.95. The molecular weight excluding hydrogens is 676 g/mol. The maximum atomic E-state index is 14.4. The summed E-state index contributed by atoms with van der Waals surface area (Å²) in [6.07, 6.45) is 6.61. The van der Waals surface area contributed by atoms with Crippen LogP contribution < -0.4 is 10.0 Å². The first-order chi connectivity index (χ1) is 24.0. The van der Waals surface area contributed by atoms with E-state index >= 15 is 0 Å². The molecule has 1 aromatic rings. The largest absolute Gasteiger partial charge is 0.460 e. The van der Waals surface area contributed by atoms with Crippen LogP contribution in [0.15, 0.2) is 36.4 Å². The normalized spacial score (nSPS) is 29.6. The summed E-state index contributed by atoms with van der Waals surface area (Å²) in [6.45, 7) is 7.51. The highest BCUT2D eigenvalue weighted by molar-refractivity contribution is 7.91. The molecule has 5 atom stereocenters. The SMILES string of the molecule is CC(C)(C)OC(=O)C[C@H]1CCCCC/C=C\[C@@H]2C[C@@]2(C(=O)NS(=O)(=O)C2(C)CC2)NC(=O)[C@@H]2C[C@@H](OC(=O)N3Cc4ccccc4C3)CN2C1=O. The second-order valence-electron chi connectivity index (χ2n) is 16.1. The standard InChI is InChI=1S/C37H50N4O9S/c1-35(2,3)50-30(42)18-24-12-8-6-5-7-9-15-27-20-37(27,33(45)39-51(47,48)36(4)16-17-36)38-31(43)29-19-28(23-41(29)32(24)44)49-34(46)40-21-25-13-10-11-14-26(25)22-40/h9-11,13-15,24,27-29H,5-8,12,16-23H2,1-4H3,(H,38,43)(H,39,45)/b15-9-/t24-,27-,28-,29+,37-/m1/s1. The van der Waals surface area contributed by atoms with E-state index in [1.807, 2.05) is 36.4 Å². The van der Waals surface area contributed by atoms with Crippen molar-refractivity contribution < 1.29 is 41.9 Å². The zero-order chi connectivity index (χ0) is 36.8. The van der Waals surface area contributed by atoms with E-state index in [2.05, 4.69) is 10.0 Å². The average Bonchev–Trinajstić information content (AvgIpc) is 3.84. The molecule has 1 saturated heterocycles. The summed E-state index contributed by atoms with van der Waals surface area (Å²) < 4.78 is 38.8. The molecule has 0 aromatic heterocycles. The Bertz CT molecular complexity index is 1690. The Labute approximate surface area is 299 Å². The van der Waals surface area contributed by atoms with Gasteiger partial charge in [-0.15, -0.1) is 0 Å². The van der Waals surface area contributed by atoms with Crippen molar-refractivity contribution in [1.82, 2.24) is 19.8 Å². The number of ether oxygens (including phenoxy) is 2. The topological polar surface area (TPSA) is 168 Å². The minimum absolute atomic E-state index is 0.0299. The van der Waals surface area contributed by atoms with Crippen LogP contribution in [0.5, 0.6) is 0 Å². The van der Waals surface area contributed by atoms with Gasteiger partial charge in [0.1, 0.15) is 23.3 Å². The lowest BCUT2D eigenvalue weighted by Crippen LogP contribution is -2.57. The first-order valence-corrected chi connectivity index (χ1v) is 19.6. The predicted molar refractivity (Wildman–Crippen MR) is 186 cm³/mol. The van der Waals surface area contributed by atoms with E-state index < -0.39 is 79.7 Å². The molecule has 13 nitrogen and oxygen atoms in total. The molecule has 2 saturated carbocycles. The van der Waals surface area contributed by atoms with Gasteiger partial charge >= 0.3 is 12.1 Å². The number of benzene rings is 1. The van der Waals surface area contributed by atoms with Crippen LogP contribution in [0, 0.1) is 11.8 Å². The number of carbonyl (C=O) groups excluding carboxylic acids is 5. The van der Waals surface area contributed by atoms with Crippen molar-refractivity contribution in [3.05, 3.63) is 47.5 Å². The molecule has 1 aromatic carbocycles. The van der Waals surface area contributed by atoms with E-state index in [0.717, 1.165) is 24.0 Å². The molecule has 5 aliphatic rings. The third-order valence-corrected chi connectivity index (χ3v) is 12.9. The number of fused-ring (bicyclic) bond motifs is 3. The zero-order valence-electron chi connectivity index (χ0n) is 29.9. The number of esters is 1. The number of amides is 4. The van der Waals surface area contributed by atoms with Crippen LogP contribution >= 0.6 is 0 Å². The third kappa shape index (κ3) is 8.10. The summed E-state index contributed by atoms with van der Waals surface area (Å²) in [5.74, 6) is -3.64. The lowest BCUT2D eigenvalue weighted by Gasteiger charge is -2.30. The fourth-order valence-corrected chi connectivity index (χ4v) is 8.65. The van der Waals surface area contributed by atoms with Crippen molar-refractivity contribution in [2.24, 2.45) is 11.8 Å². The maximum absolute atomic E-state index is 14.4. The molecule has 3 heterocycles. The number of sulfonamides is 1. The van der Waals surface area contributed by atoms with Gasteiger partial charge in [0, 0.05) is 31.3 Å². The molecule has 0 radical (unpaired) electrons. The van der Waals surface area contributed by atoms with Crippen molar-refractivity contribution in [1.29, 1.82) is 0 Å². The minimum atomic E-state index is -3.98. The van der Waals surface area contributed by atoms with Crippen LogP contribution in [-0.4, -0.2) is 82.6 Å². The first-order valence-electron chi connectivity index (χ1n) is 18.1. The monoisotopic (exact) mass is 726 g/mol. The highest BCUT2D eigenvalue weighted by Gasteiger charge is 2.63. The smallest absolute Gasteiger partial charge is 0.410 e. The molecule has 6 rings (SSSR count). The number of hydrogen-bond donors (Lipinski definition) is 2. The Hall–Kier alpha value is -3.94. The third-order valence-electron chi connectivity index (χ3n) is 10.8. The van der Waals surface area contributed by atoms with Crippen molar-refractivity contribution in [3.63, 3.8) is 0 Å². The van der Waals surface area contributed by atoms with E-state index in [1.165, 1.54) is 4.90 Å². The number of rotatable bonds is 6. The van der Waals surface area contributed by atoms with E-state index in [-0.39, 0.29) is 25.8 Å². The molecule has 3 aliphatic heterocycles. The van der Waals surface area contributed by atoms with Gasteiger partial charge in [-0.25, -0.2) is 13.2 Å². The van der Waals surface area contributed by atoms with Crippen molar-refractivity contribution in [2.75, 3.05) is 6.54 Å². The van der Waals surface area contributed by atoms with E-state index in [4.69, 9.17) is 9.47 Å². The van der Waals surface area contributed by atoms with Gasteiger partial charge in [-0.3, -0.25) is 28.8 Å². The molecule has 0 spiro atoms. The predicted octanol–water partition coefficient (Wildman–Crippen LogP) is 3.85. The van der Waals surface area contributed by atoms with Crippen molar-refractivity contribution in [3.8, 4) is 0 Å². The van der Waals surface area contributed by atoms with Gasteiger partial charge in [0.15, 0.2) is 0 Å². The van der Waals surface area contributed by atoms with Crippen LogP contribution in [0.4, 0.5) is 4.79 Å². The fourth-order valence-electron chi connectivity index (χ4n) is 7.34. The Morgan fingerprint density at radius 1 is 1.04 bits per heavy atom. The van der Waals surface area contributed by atoms with Crippen LogP contribution in [0.1, 0.15) is 103 Å². The van der Waals surface area contributed by atoms with Gasteiger partial charge in [0.2, 0.25) is 21.8 Å². The van der Waals surface area contributed by atoms with Gasteiger partial charge in [-0.2, -0.15) is 0 Å². The molecule has 4 amide bonds. The summed E-state index contributed by atoms with van der Waals surface area (Å²) in [6, 6.07) is 6.58. The number of nitrogens with one attached hydrogen (secondary N) is 2. The summed E-state index contributed by atoms with van der Waals surface area (Å²) in [5, 5.41) is 2.85. The highest BCUT2D eigenvalue weighted by Crippen LogP contribution is 2.47. The van der Waals surface area contributed by atoms with Crippen LogP contribution in [0.25, 0.3) is 0 Å². The summed E-state index contributed by atoms with van der Waals surface area (Å²) >= 11 is 0. The first kappa shape index (κ1) is 36.8. The Kier molecular flexibility index (Phi) is 10.0. The van der Waals surface area contributed by atoms with Gasteiger partial charge in [0.05, 0.1) is 17.7 Å². The summed E-state index contributed by atoms with van der Waals surface area (Å²) in [4.78, 5) is 71.7. The van der Waals surface area contributed by atoms with Gasteiger partial charge in [-0.05, 0) is 77.3 Å². The minimum Gasteiger partial charge on any atom is -0.460 e.